The molecule has 2 aromatic rings. The van der Waals surface area contributed by atoms with E-state index >= 15 is 0 Å². The van der Waals surface area contributed by atoms with E-state index < -0.39 is 30.1 Å². The molecule has 1 aromatic heterocycles. The van der Waals surface area contributed by atoms with Crippen molar-refractivity contribution in [2.45, 2.75) is 12.7 Å². The molecule has 7 nitrogen and oxygen atoms in total. The summed E-state index contributed by atoms with van der Waals surface area (Å²) in [5.74, 6) is -1.74. The number of hydrogen-bond donors (Lipinski definition) is 0. The van der Waals surface area contributed by atoms with E-state index in [9.17, 15) is 22.8 Å². The zero-order chi connectivity index (χ0) is 18.9. The van der Waals surface area contributed by atoms with Gasteiger partial charge in [0.05, 0.1) is 0 Å². The molecule has 26 heavy (non-hydrogen) atoms. The molecule has 1 aliphatic rings. The second-order valence-electron chi connectivity index (χ2n) is 6.02. The maximum absolute atomic E-state index is 12.8. The maximum atomic E-state index is 12.8. The van der Waals surface area contributed by atoms with E-state index in [1.165, 1.54) is 4.90 Å². The zero-order valence-corrected chi connectivity index (χ0v) is 14.1. The number of para-hydroxylation sites is 1. The summed E-state index contributed by atoms with van der Waals surface area (Å²) in [5, 5.41) is 3.26. The molecule has 1 saturated heterocycles. The summed E-state index contributed by atoms with van der Waals surface area (Å²) in [5.41, 5.74) is 0.0870. The first-order chi connectivity index (χ1) is 12.3. The number of rotatable bonds is 3. The van der Waals surface area contributed by atoms with Crippen molar-refractivity contribution in [2.75, 3.05) is 31.1 Å². The fourth-order valence-corrected chi connectivity index (χ4v) is 2.92. The molecule has 1 amide bonds. The number of carbonyl (C=O) groups excluding carboxylic acids is 1. The predicted octanol–water partition coefficient (Wildman–Crippen LogP) is 0.949. The van der Waals surface area contributed by atoms with Gasteiger partial charge in [0.25, 0.3) is 0 Å². The van der Waals surface area contributed by atoms with Gasteiger partial charge in [-0.1, -0.05) is 18.2 Å². The molecule has 2 heterocycles. The van der Waals surface area contributed by atoms with Crippen LogP contribution in [0.4, 0.5) is 18.9 Å². The van der Waals surface area contributed by atoms with Crippen molar-refractivity contribution in [3.05, 3.63) is 46.6 Å². The van der Waals surface area contributed by atoms with Gasteiger partial charge >= 0.3 is 11.9 Å². The summed E-state index contributed by atoms with van der Waals surface area (Å²) in [7, 11) is 0.984. The zero-order valence-electron chi connectivity index (χ0n) is 14.1. The molecule has 0 radical (unpaired) electrons. The lowest BCUT2D eigenvalue weighted by Crippen LogP contribution is -2.50. The SMILES string of the molecule is Cn1c(C(F)(F)F)nn(CC(=O)N2CCN(c3ccccc3)CC2)c1=O. The van der Waals surface area contributed by atoms with Crippen molar-refractivity contribution in [3.8, 4) is 0 Å². The van der Waals surface area contributed by atoms with Crippen molar-refractivity contribution < 1.29 is 18.0 Å². The molecule has 0 aliphatic carbocycles. The number of hydrogen-bond acceptors (Lipinski definition) is 4. The minimum absolute atomic E-state index is 0.403. The van der Waals surface area contributed by atoms with E-state index in [1.807, 2.05) is 30.3 Å². The number of halogens is 3. The molecule has 3 rings (SSSR count). The largest absolute Gasteiger partial charge is 0.451 e. The minimum Gasteiger partial charge on any atom is -0.368 e. The van der Waals surface area contributed by atoms with Gasteiger partial charge in [-0.3, -0.25) is 9.36 Å². The Kier molecular flexibility index (Phi) is 4.75. The van der Waals surface area contributed by atoms with Crippen LogP contribution in [0.15, 0.2) is 35.1 Å². The van der Waals surface area contributed by atoms with Gasteiger partial charge in [-0.25, -0.2) is 9.48 Å². The van der Waals surface area contributed by atoms with Gasteiger partial charge < -0.3 is 9.80 Å². The molecule has 0 N–H and O–H groups in total. The lowest BCUT2D eigenvalue weighted by Gasteiger charge is -2.36. The number of carbonyl (C=O) groups is 1. The first-order valence-corrected chi connectivity index (χ1v) is 8.06. The Balaban J connectivity index is 1.64. The van der Waals surface area contributed by atoms with E-state index in [0.29, 0.717) is 35.4 Å². The van der Waals surface area contributed by atoms with E-state index in [0.717, 1.165) is 12.7 Å². The normalized spacial score (nSPS) is 15.4. The van der Waals surface area contributed by atoms with Crippen LogP contribution in [0.3, 0.4) is 0 Å². The van der Waals surface area contributed by atoms with Crippen molar-refractivity contribution in [2.24, 2.45) is 7.05 Å². The smallest absolute Gasteiger partial charge is 0.368 e. The van der Waals surface area contributed by atoms with Crippen LogP contribution in [-0.2, 0) is 24.6 Å². The molecule has 10 heteroatoms. The van der Waals surface area contributed by atoms with Crippen molar-refractivity contribution >= 4 is 11.6 Å². The quantitative estimate of drug-likeness (QED) is 0.808. The standard InChI is InChI=1S/C16H18F3N5O2/c1-21-14(16(17,18)19)20-24(15(21)26)11-13(25)23-9-7-22(8-10-23)12-5-3-2-4-6-12/h2-6H,7-11H2,1H3. The number of aromatic nitrogens is 3. The summed E-state index contributed by atoms with van der Waals surface area (Å²) >= 11 is 0. The van der Waals surface area contributed by atoms with Crippen LogP contribution < -0.4 is 10.6 Å². The maximum Gasteiger partial charge on any atom is 0.451 e. The van der Waals surface area contributed by atoms with Gasteiger partial charge in [0, 0.05) is 38.9 Å². The van der Waals surface area contributed by atoms with Crippen LogP contribution in [0.2, 0.25) is 0 Å². The Labute approximate surface area is 147 Å². The third-order valence-corrected chi connectivity index (χ3v) is 4.33. The van der Waals surface area contributed by atoms with E-state index in [1.54, 1.807) is 0 Å². The number of amides is 1. The van der Waals surface area contributed by atoms with Gasteiger partial charge in [0.1, 0.15) is 6.54 Å². The Morgan fingerprint density at radius 2 is 1.73 bits per heavy atom. The van der Waals surface area contributed by atoms with Crippen molar-refractivity contribution in [1.82, 2.24) is 19.2 Å². The summed E-state index contributed by atoms with van der Waals surface area (Å²) in [6.07, 6.45) is -4.75. The van der Waals surface area contributed by atoms with E-state index in [-0.39, 0.29) is 0 Å². The third kappa shape index (κ3) is 3.58. The van der Waals surface area contributed by atoms with Crippen LogP contribution in [0.5, 0.6) is 0 Å². The number of benzene rings is 1. The molecular weight excluding hydrogens is 351 g/mol. The van der Waals surface area contributed by atoms with Gasteiger partial charge in [-0.05, 0) is 12.1 Å². The van der Waals surface area contributed by atoms with Crippen LogP contribution >= 0.6 is 0 Å². The number of piperazine rings is 1. The topological polar surface area (TPSA) is 63.4 Å². The first kappa shape index (κ1) is 18.0. The van der Waals surface area contributed by atoms with Crippen LogP contribution in [0, 0.1) is 0 Å². The Bertz CT molecular complexity index is 836. The number of nitrogens with zero attached hydrogens (tertiary/aromatic N) is 5. The van der Waals surface area contributed by atoms with Crippen LogP contribution in [-0.4, -0.2) is 51.3 Å². The summed E-state index contributed by atoms with van der Waals surface area (Å²) in [4.78, 5) is 27.9. The molecule has 0 atom stereocenters. The highest BCUT2D eigenvalue weighted by Gasteiger charge is 2.38. The lowest BCUT2D eigenvalue weighted by molar-refractivity contribution is -0.147. The van der Waals surface area contributed by atoms with Crippen molar-refractivity contribution in [1.29, 1.82) is 0 Å². The van der Waals surface area contributed by atoms with Crippen LogP contribution in [0.1, 0.15) is 5.82 Å². The molecule has 0 spiro atoms. The lowest BCUT2D eigenvalue weighted by atomic mass is 10.2. The third-order valence-electron chi connectivity index (χ3n) is 4.33. The molecule has 1 aromatic carbocycles. The Morgan fingerprint density at radius 1 is 1.12 bits per heavy atom. The fraction of sp³-hybridized carbons (Fsp3) is 0.438. The highest BCUT2D eigenvalue weighted by molar-refractivity contribution is 5.76. The Hall–Kier alpha value is -2.78. The van der Waals surface area contributed by atoms with Gasteiger partial charge in [-0.2, -0.15) is 13.2 Å². The molecule has 0 unspecified atom stereocenters. The highest BCUT2D eigenvalue weighted by Crippen LogP contribution is 2.26. The van der Waals surface area contributed by atoms with Crippen LogP contribution in [0.25, 0.3) is 0 Å². The molecule has 140 valence electrons. The summed E-state index contributed by atoms with van der Waals surface area (Å²) < 4.78 is 39.4. The Morgan fingerprint density at radius 3 is 2.27 bits per heavy atom. The minimum atomic E-state index is -4.75. The first-order valence-electron chi connectivity index (χ1n) is 8.06. The molecule has 0 bridgehead atoms. The highest BCUT2D eigenvalue weighted by atomic mass is 19.4. The van der Waals surface area contributed by atoms with Gasteiger partial charge in [0.15, 0.2) is 0 Å². The van der Waals surface area contributed by atoms with Gasteiger partial charge in [-0.15, -0.1) is 5.10 Å². The average Bonchev–Trinajstić information content (AvgIpc) is 2.91. The molecular formula is C16H18F3N5O2. The van der Waals surface area contributed by atoms with E-state index in [4.69, 9.17) is 0 Å². The number of anilines is 1. The molecule has 1 fully saturated rings. The molecule has 1 aliphatic heterocycles. The summed E-state index contributed by atoms with van der Waals surface area (Å²) in [6, 6.07) is 9.73. The number of alkyl halides is 3. The predicted molar refractivity (Wildman–Crippen MR) is 87.7 cm³/mol. The average molecular weight is 369 g/mol. The van der Waals surface area contributed by atoms with Crippen molar-refractivity contribution in [3.63, 3.8) is 0 Å². The van der Waals surface area contributed by atoms with Gasteiger partial charge in [0.2, 0.25) is 11.7 Å². The second kappa shape index (κ2) is 6.85. The van der Waals surface area contributed by atoms with E-state index in [2.05, 4.69) is 10.00 Å². The monoisotopic (exact) mass is 369 g/mol. The summed E-state index contributed by atoms with van der Waals surface area (Å²) in [6.45, 7) is 1.58. The molecule has 0 saturated carbocycles. The fourth-order valence-electron chi connectivity index (χ4n) is 2.92. The second-order valence-corrected chi connectivity index (χ2v) is 6.02.